The Hall–Kier alpha value is -2.82. The monoisotopic (exact) mass is 295 g/mol. The Morgan fingerprint density at radius 2 is 1.82 bits per heavy atom. The van der Waals surface area contributed by atoms with Crippen LogP contribution in [0.2, 0.25) is 0 Å². The zero-order valence-corrected chi connectivity index (χ0v) is 12.4. The van der Waals surface area contributed by atoms with Crippen LogP contribution in [0.3, 0.4) is 0 Å². The van der Waals surface area contributed by atoms with Gasteiger partial charge in [-0.25, -0.2) is 0 Å². The highest BCUT2D eigenvalue weighted by molar-refractivity contribution is 5.73. The van der Waals surface area contributed by atoms with E-state index in [4.69, 9.17) is 9.47 Å². The van der Waals surface area contributed by atoms with Gasteiger partial charge in [-0.05, 0) is 36.8 Å². The van der Waals surface area contributed by atoms with Crippen molar-refractivity contribution in [1.29, 1.82) is 0 Å². The molecule has 0 saturated heterocycles. The topological polar surface area (TPSA) is 49.2 Å². The molecule has 0 N–H and O–H groups in total. The van der Waals surface area contributed by atoms with E-state index in [1.165, 1.54) is 6.26 Å². The number of rotatable bonds is 6. The van der Waals surface area contributed by atoms with E-state index in [1.54, 1.807) is 4.80 Å². The Balaban J connectivity index is 1.93. The average molecular weight is 295 g/mol. The Morgan fingerprint density at radius 1 is 1.09 bits per heavy atom. The first-order valence-electron chi connectivity index (χ1n) is 7.06. The average Bonchev–Trinajstić information content (AvgIpc) is 2.96. The summed E-state index contributed by atoms with van der Waals surface area (Å²) in [5.41, 5.74) is 3.63. The maximum atomic E-state index is 5.77. The molecule has 0 spiro atoms. The second-order valence-corrected chi connectivity index (χ2v) is 4.84. The first-order valence-corrected chi connectivity index (χ1v) is 7.06. The molecule has 0 unspecified atom stereocenters. The highest BCUT2D eigenvalue weighted by Gasteiger charge is 2.10. The van der Waals surface area contributed by atoms with Crippen molar-refractivity contribution in [3.63, 3.8) is 0 Å². The second kappa shape index (κ2) is 6.30. The summed E-state index contributed by atoms with van der Waals surface area (Å²) in [6.07, 6.45) is 1.40. The van der Waals surface area contributed by atoms with Crippen LogP contribution in [0.5, 0.6) is 5.75 Å². The number of hydrogen-bond donors (Lipinski definition) is 0. The van der Waals surface area contributed by atoms with E-state index in [1.807, 2.05) is 49.4 Å². The molecule has 112 valence electrons. The highest BCUT2D eigenvalue weighted by Crippen LogP contribution is 2.24. The van der Waals surface area contributed by atoms with Crippen LogP contribution in [0.15, 0.2) is 55.3 Å². The molecule has 0 aliphatic heterocycles. The molecular formula is C17H17N3O2. The predicted octanol–water partition coefficient (Wildman–Crippen LogP) is 3.27. The van der Waals surface area contributed by atoms with Crippen LogP contribution in [0, 0.1) is 6.92 Å². The smallest absolute Gasteiger partial charge is 0.147 e. The molecule has 2 aromatic carbocycles. The minimum absolute atomic E-state index is 0.433. The minimum atomic E-state index is 0.433. The summed E-state index contributed by atoms with van der Waals surface area (Å²) in [6.45, 7) is 6.41. The molecule has 0 saturated carbocycles. The van der Waals surface area contributed by atoms with Crippen molar-refractivity contribution in [3.05, 3.63) is 60.9 Å². The third-order valence-electron chi connectivity index (χ3n) is 3.19. The normalized spacial score (nSPS) is 10.6. The van der Waals surface area contributed by atoms with E-state index in [2.05, 4.69) is 16.8 Å². The van der Waals surface area contributed by atoms with Crippen molar-refractivity contribution in [1.82, 2.24) is 15.0 Å². The Bertz CT molecular complexity index is 762. The molecule has 0 aliphatic carbocycles. The summed E-state index contributed by atoms with van der Waals surface area (Å²) in [5, 5.41) is 9.01. The molecule has 0 bridgehead atoms. The van der Waals surface area contributed by atoms with Crippen molar-refractivity contribution in [2.45, 2.75) is 6.92 Å². The van der Waals surface area contributed by atoms with E-state index in [-0.39, 0.29) is 0 Å². The van der Waals surface area contributed by atoms with Crippen LogP contribution >= 0.6 is 0 Å². The van der Waals surface area contributed by atoms with E-state index in [9.17, 15) is 0 Å². The molecule has 1 heterocycles. The lowest BCUT2D eigenvalue weighted by atomic mass is 10.2. The highest BCUT2D eigenvalue weighted by atomic mass is 16.5. The quantitative estimate of drug-likeness (QED) is 0.517. The van der Waals surface area contributed by atoms with Crippen LogP contribution in [0.4, 0.5) is 0 Å². The van der Waals surface area contributed by atoms with Gasteiger partial charge < -0.3 is 9.47 Å². The maximum Gasteiger partial charge on any atom is 0.147 e. The SMILES string of the molecule is C=COCCOc1ccc(C)cc1-n1nc2ccccc2n1. The van der Waals surface area contributed by atoms with Crippen LogP contribution in [0.25, 0.3) is 16.7 Å². The Kier molecular flexibility index (Phi) is 4.05. The molecule has 5 nitrogen and oxygen atoms in total. The summed E-state index contributed by atoms with van der Waals surface area (Å²) in [4.78, 5) is 1.61. The van der Waals surface area contributed by atoms with Crippen LogP contribution in [-0.4, -0.2) is 28.2 Å². The molecule has 0 atom stereocenters. The van der Waals surface area contributed by atoms with E-state index < -0.39 is 0 Å². The summed E-state index contributed by atoms with van der Waals surface area (Å²) in [5.74, 6) is 0.721. The first-order chi connectivity index (χ1) is 10.8. The van der Waals surface area contributed by atoms with Crippen molar-refractivity contribution in [2.75, 3.05) is 13.2 Å². The maximum absolute atomic E-state index is 5.77. The fourth-order valence-corrected chi connectivity index (χ4v) is 2.16. The molecule has 1 aromatic heterocycles. The summed E-state index contributed by atoms with van der Waals surface area (Å²) < 4.78 is 10.8. The minimum Gasteiger partial charge on any atom is -0.498 e. The second-order valence-electron chi connectivity index (χ2n) is 4.84. The van der Waals surface area contributed by atoms with Crippen molar-refractivity contribution in [3.8, 4) is 11.4 Å². The molecule has 0 fully saturated rings. The van der Waals surface area contributed by atoms with Crippen molar-refractivity contribution in [2.24, 2.45) is 0 Å². The summed E-state index contributed by atoms with van der Waals surface area (Å²) in [6, 6.07) is 13.7. The Morgan fingerprint density at radius 3 is 2.50 bits per heavy atom. The Labute approximate surface area is 128 Å². The van der Waals surface area contributed by atoms with E-state index in [0.29, 0.717) is 13.2 Å². The standard InChI is InChI=1S/C17H17N3O2/c1-3-21-10-11-22-17-9-8-13(2)12-16(17)20-18-14-6-4-5-7-15(14)19-20/h3-9,12H,1,10-11H2,2H3. The summed E-state index contributed by atoms with van der Waals surface area (Å²) >= 11 is 0. The molecule has 3 aromatic rings. The third-order valence-corrected chi connectivity index (χ3v) is 3.19. The zero-order valence-electron chi connectivity index (χ0n) is 12.4. The van der Waals surface area contributed by atoms with Gasteiger partial charge in [-0.2, -0.15) is 0 Å². The zero-order chi connectivity index (χ0) is 15.4. The molecule has 22 heavy (non-hydrogen) atoms. The molecule has 0 radical (unpaired) electrons. The first kappa shape index (κ1) is 14.1. The van der Waals surface area contributed by atoms with Crippen molar-refractivity contribution >= 4 is 11.0 Å². The van der Waals surface area contributed by atoms with Crippen LogP contribution in [-0.2, 0) is 4.74 Å². The predicted molar refractivity (Wildman–Crippen MR) is 85.2 cm³/mol. The number of aryl methyl sites for hydroxylation is 1. The lowest BCUT2D eigenvalue weighted by Gasteiger charge is -2.11. The van der Waals surface area contributed by atoms with Crippen LogP contribution in [0.1, 0.15) is 5.56 Å². The van der Waals surface area contributed by atoms with Gasteiger partial charge in [0.1, 0.15) is 35.7 Å². The number of nitrogens with zero attached hydrogens (tertiary/aromatic N) is 3. The fraction of sp³-hybridized carbons (Fsp3) is 0.176. The lowest BCUT2D eigenvalue weighted by molar-refractivity contribution is 0.179. The van der Waals surface area contributed by atoms with E-state index >= 15 is 0 Å². The van der Waals surface area contributed by atoms with Gasteiger partial charge in [0.15, 0.2) is 0 Å². The number of fused-ring (bicyclic) bond motifs is 1. The van der Waals surface area contributed by atoms with Crippen molar-refractivity contribution < 1.29 is 9.47 Å². The molecule has 0 aliphatic rings. The van der Waals surface area contributed by atoms with Gasteiger partial charge >= 0.3 is 0 Å². The van der Waals surface area contributed by atoms with Gasteiger partial charge in [-0.15, -0.1) is 15.0 Å². The van der Waals surface area contributed by atoms with E-state index in [0.717, 1.165) is 28.0 Å². The molecule has 5 heteroatoms. The third kappa shape index (κ3) is 2.93. The molecule has 0 amide bonds. The van der Waals surface area contributed by atoms with Gasteiger partial charge in [0, 0.05) is 0 Å². The molecular weight excluding hydrogens is 278 g/mol. The van der Waals surface area contributed by atoms with Crippen LogP contribution < -0.4 is 4.74 Å². The van der Waals surface area contributed by atoms with Gasteiger partial charge in [-0.3, -0.25) is 0 Å². The fourth-order valence-electron chi connectivity index (χ4n) is 2.16. The number of hydrogen-bond acceptors (Lipinski definition) is 4. The van der Waals surface area contributed by atoms with Gasteiger partial charge in [0.2, 0.25) is 0 Å². The number of ether oxygens (including phenoxy) is 2. The largest absolute Gasteiger partial charge is 0.498 e. The number of benzene rings is 2. The lowest BCUT2D eigenvalue weighted by Crippen LogP contribution is -2.08. The van der Waals surface area contributed by atoms with Gasteiger partial charge in [0.05, 0.1) is 6.26 Å². The summed E-state index contributed by atoms with van der Waals surface area (Å²) in [7, 11) is 0. The van der Waals surface area contributed by atoms with Gasteiger partial charge in [0.25, 0.3) is 0 Å². The van der Waals surface area contributed by atoms with Gasteiger partial charge in [-0.1, -0.05) is 24.8 Å². The molecule has 3 rings (SSSR count). The number of aromatic nitrogens is 3.